The Labute approximate surface area is 169 Å². The summed E-state index contributed by atoms with van der Waals surface area (Å²) in [6, 6.07) is 16.0. The van der Waals surface area contributed by atoms with Gasteiger partial charge in [0.1, 0.15) is 0 Å². The molecule has 2 aromatic carbocycles. The lowest BCUT2D eigenvalue weighted by molar-refractivity contribution is -0.384. The van der Waals surface area contributed by atoms with E-state index < -0.39 is 10.9 Å². The van der Waals surface area contributed by atoms with Crippen LogP contribution in [-0.4, -0.2) is 22.5 Å². The van der Waals surface area contributed by atoms with Gasteiger partial charge in [-0.2, -0.15) is 0 Å². The third-order valence-corrected chi connectivity index (χ3v) is 4.74. The van der Waals surface area contributed by atoms with E-state index >= 15 is 0 Å². The fraction of sp³-hybridized carbons (Fsp3) is 0.261. The summed E-state index contributed by atoms with van der Waals surface area (Å²) < 4.78 is 5.20. The molecule has 0 atom stereocenters. The third-order valence-electron chi connectivity index (χ3n) is 4.74. The van der Waals surface area contributed by atoms with Gasteiger partial charge in [-0.25, -0.2) is 4.79 Å². The van der Waals surface area contributed by atoms with Gasteiger partial charge in [-0.1, -0.05) is 45.0 Å². The lowest BCUT2D eigenvalue weighted by atomic mass is 9.86. The molecule has 0 aliphatic heterocycles. The zero-order valence-electron chi connectivity index (χ0n) is 17.0. The van der Waals surface area contributed by atoms with Crippen molar-refractivity contribution in [2.24, 2.45) is 0 Å². The first-order valence-corrected chi connectivity index (χ1v) is 9.46. The highest BCUT2D eigenvalue weighted by Gasteiger charge is 2.20. The smallest absolute Gasteiger partial charge is 0.340 e. The van der Waals surface area contributed by atoms with Crippen molar-refractivity contribution in [3.8, 4) is 22.5 Å². The summed E-state index contributed by atoms with van der Waals surface area (Å²) in [5, 5.41) is 10.9. The Kier molecular flexibility index (Phi) is 5.55. The maximum absolute atomic E-state index is 12.5. The van der Waals surface area contributed by atoms with Gasteiger partial charge in [0.05, 0.1) is 22.8 Å². The van der Waals surface area contributed by atoms with Crippen molar-refractivity contribution in [2.45, 2.75) is 33.1 Å². The Morgan fingerprint density at radius 3 is 2.14 bits per heavy atom. The molecule has 0 unspecified atom stereocenters. The summed E-state index contributed by atoms with van der Waals surface area (Å²) in [6.45, 7) is 8.48. The Balaban J connectivity index is 2.05. The number of non-ortho nitro benzene ring substituents is 1. The van der Waals surface area contributed by atoms with Gasteiger partial charge in [-0.3, -0.25) is 10.1 Å². The Hall–Kier alpha value is -3.41. The molecule has 150 valence electrons. The van der Waals surface area contributed by atoms with Crippen LogP contribution < -0.4 is 0 Å². The second kappa shape index (κ2) is 7.91. The van der Waals surface area contributed by atoms with Crippen LogP contribution >= 0.6 is 0 Å². The number of nitrogens with one attached hydrogen (secondary N) is 1. The monoisotopic (exact) mass is 392 g/mol. The van der Waals surface area contributed by atoms with Gasteiger partial charge in [0.25, 0.3) is 5.69 Å². The highest BCUT2D eigenvalue weighted by Crippen LogP contribution is 2.32. The highest BCUT2D eigenvalue weighted by atomic mass is 16.6. The number of hydrogen-bond donors (Lipinski definition) is 1. The van der Waals surface area contributed by atoms with Gasteiger partial charge >= 0.3 is 5.97 Å². The number of aromatic nitrogens is 1. The Bertz CT molecular complexity index is 1030. The maximum Gasteiger partial charge on any atom is 0.340 e. The summed E-state index contributed by atoms with van der Waals surface area (Å²) in [4.78, 5) is 26.3. The molecule has 6 nitrogen and oxygen atoms in total. The van der Waals surface area contributed by atoms with Crippen LogP contribution in [0, 0.1) is 10.1 Å². The standard InChI is InChI=1S/C23H24N2O4/c1-5-29-22(26)19-14-20(15-6-10-17(11-7-15)23(2,3)4)24-21(19)16-8-12-18(13-9-16)25(27)28/h6-14,24H,5H2,1-4H3. The fourth-order valence-corrected chi connectivity index (χ4v) is 3.11. The van der Waals surface area contributed by atoms with Crippen LogP contribution in [0.15, 0.2) is 54.6 Å². The summed E-state index contributed by atoms with van der Waals surface area (Å²) in [5.41, 5.74) is 4.64. The first-order chi connectivity index (χ1) is 13.7. The number of nitro benzene ring substituents is 1. The molecule has 3 aromatic rings. The first kappa shape index (κ1) is 20.3. The van der Waals surface area contributed by atoms with E-state index in [1.807, 2.05) is 12.1 Å². The molecular formula is C23H24N2O4. The number of rotatable bonds is 5. The maximum atomic E-state index is 12.5. The van der Waals surface area contributed by atoms with E-state index in [2.05, 4.69) is 37.9 Å². The number of carbonyl (C=O) groups is 1. The molecule has 1 aromatic heterocycles. The summed E-state index contributed by atoms with van der Waals surface area (Å²) in [7, 11) is 0. The Morgan fingerprint density at radius 1 is 1.03 bits per heavy atom. The molecule has 0 amide bonds. The lowest BCUT2D eigenvalue weighted by Gasteiger charge is -2.19. The van der Waals surface area contributed by atoms with Crippen LogP contribution in [0.4, 0.5) is 5.69 Å². The number of esters is 1. The molecule has 0 fully saturated rings. The second-order valence-electron chi connectivity index (χ2n) is 7.82. The van der Waals surface area contributed by atoms with Gasteiger partial charge in [0.15, 0.2) is 0 Å². The van der Waals surface area contributed by atoms with Crippen molar-refractivity contribution >= 4 is 11.7 Å². The van der Waals surface area contributed by atoms with Crippen LogP contribution in [0.2, 0.25) is 0 Å². The number of nitrogens with zero attached hydrogens (tertiary/aromatic N) is 1. The van der Waals surface area contributed by atoms with Crippen LogP contribution in [0.5, 0.6) is 0 Å². The highest BCUT2D eigenvalue weighted by molar-refractivity contribution is 5.98. The average Bonchev–Trinajstić information content (AvgIpc) is 3.13. The van der Waals surface area contributed by atoms with Crippen molar-refractivity contribution in [3.05, 3.63) is 75.8 Å². The number of H-pyrrole nitrogens is 1. The Morgan fingerprint density at radius 2 is 1.62 bits per heavy atom. The molecule has 1 heterocycles. The van der Waals surface area contributed by atoms with Crippen LogP contribution in [0.1, 0.15) is 43.6 Å². The van der Waals surface area contributed by atoms with Crippen LogP contribution in [0.3, 0.4) is 0 Å². The van der Waals surface area contributed by atoms with Crippen molar-refractivity contribution < 1.29 is 14.5 Å². The molecule has 0 spiro atoms. The molecule has 0 saturated carbocycles. The molecule has 3 rings (SSSR count). The molecule has 29 heavy (non-hydrogen) atoms. The van der Waals surface area contributed by atoms with Crippen LogP contribution in [-0.2, 0) is 10.2 Å². The van der Waals surface area contributed by atoms with Gasteiger partial charge in [0, 0.05) is 17.8 Å². The number of nitro groups is 1. The minimum Gasteiger partial charge on any atom is -0.462 e. The number of carbonyl (C=O) groups excluding carboxylic acids is 1. The van der Waals surface area contributed by atoms with Crippen molar-refractivity contribution in [1.29, 1.82) is 0 Å². The van der Waals surface area contributed by atoms with E-state index in [4.69, 9.17) is 4.74 Å². The number of ether oxygens (including phenoxy) is 1. The zero-order valence-corrected chi connectivity index (χ0v) is 17.0. The van der Waals surface area contributed by atoms with E-state index in [0.717, 1.165) is 11.3 Å². The minimum absolute atomic E-state index is 0.00372. The molecule has 0 saturated heterocycles. The molecule has 0 radical (unpaired) electrons. The number of aromatic amines is 1. The van der Waals surface area contributed by atoms with Crippen molar-refractivity contribution in [3.63, 3.8) is 0 Å². The number of hydrogen-bond acceptors (Lipinski definition) is 4. The van der Waals surface area contributed by atoms with Crippen molar-refractivity contribution in [1.82, 2.24) is 4.98 Å². The fourth-order valence-electron chi connectivity index (χ4n) is 3.11. The van der Waals surface area contributed by atoms with Gasteiger partial charge in [-0.05, 0) is 47.2 Å². The van der Waals surface area contributed by atoms with Crippen LogP contribution in [0.25, 0.3) is 22.5 Å². The topological polar surface area (TPSA) is 85.2 Å². The molecule has 0 bridgehead atoms. The molecule has 0 aliphatic rings. The minimum atomic E-state index is -0.451. The third kappa shape index (κ3) is 4.37. The largest absolute Gasteiger partial charge is 0.462 e. The van der Waals surface area contributed by atoms with Crippen molar-refractivity contribution in [2.75, 3.05) is 6.61 Å². The summed E-state index contributed by atoms with van der Waals surface area (Å²) in [5.74, 6) is -0.435. The van der Waals surface area contributed by atoms with Gasteiger partial charge < -0.3 is 9.72 Å². The van der Waals surface area contributed by atoms with E-state index in [-0.39, 0.29) is 17.7 Å². The average molecular weight is 392 g/mol. The van der Waals surface area contributed by atoms with E-state index in [1.165, 1.54) is 17.7 Å². The molecular weight excluding hydrogens is 368 g/mol. The van der Waals surface area contributed by atoms with E-state index in [1.54, 1.807) is 25.1 Å². The van der Waals surface area contributed by atoms with E-state index in [0.29, 0.717) is 16.8 Å². The first-order valence-electron chi connectivity index (χ1n) is 9.46. The molecule has 1 N–H and O–H groups in total. The zero-order chi connectivity index (χ0) is 21.2. The predicted octanol–water partition coefficient (Wildman–Crippen LogP) is 5.73. The van der Waals surface area contributed by atoms with Gasteiger partial charge in [0.2, 0.25) is 0 Å². The summed E-state index contributed by atoms with van der Waals surface area (Å²) >= 11 is 0. The predicted molar refractivity (Wildman–Crippen MR) is 113 cm³/mol. The quantitative estimate of drug-likeness (QED) is 0.341. The van der Waals surface area contributed by atoms with E-state index in [9.17, 15) is 14.9 Å². The SMILES string of the molecule is CCOC(=O)c1cc(-c2ccc(C(C)(C)C)cc2)[nH]c1-c1ccc([N+](=O)[O-])cc1. The normalized spacial score (nSPS) is 11.3. The molecule has 6 heteroatoms. The second-order valence-corrected chi connectivity index (χ2v) is 7.82. The number of benzene rings is 2. The molecule has 0 aliphatic carbocycles. The lowest BCUT2D eigenvalue weighted by Crippen LogP contribution is -2.10. The summed E-state index contributed by atoms with van der Waals surface area (Å²) in [6.07, 6.45) is 0. The van der Waals surface area contributed by atoms with Gasteiger partial charge in [-0.15, -0.1) is 0 Å².